The van der Waals surface area contributed by atoms with Gasteiger partial charge in [0.25, 0.3) is 0 Å². The lowest BCUT2D eigenvalue weighted by Gasteiger charge is -2.18. The SMILES string of the molecule is CC/C=C\C/C=C\C/C=C\C/C=C\C/C=C\C/C=C\CCC(=O)OCC(COC(=O)CCCCCCCCCCCCCCCCCCCCCCCCC)OC(=O)CCCCCCCCCCCCCCCCCCCCCC. The van der Waals surface area contributed by atoms with Crippen molar-refractivity contribution in [2.24, 2.45) is 0 Å². The summed E-state index contributed by atoms with van der Waals surface area (Å²) in [5.74, 6) is -0.957. The van der Waals surface area contributed by atoms with Crippen LogP contribution in [0.1, 0.15) is 361 Å². The lowest BCUT2D eigenvalue weighted by atomic mass is 10.0. The molecule has 0 aromatic rings. The van der Waals surface area contributed by atoms with Crippen molar-refractivity contribution in [1.29, 1.82) is 0 Å². The third kappa shape index (κ3) is 65.7. The maximum Gasteiger partial charge on any atom is 0.306 e. The average Bonchev–Trinajstić information content (AvgIpc) is 3.46. The Kier molecular flexibility index (Phi) is 65.7. The molecule has 0 radical (unpaired) electrons. The van der Waals surface area contributed by atoms with E-state index < -0.39 is 6.10 Å². The number of unbranched alkanes of at least 4 members (excludes halogenated alkanes) is 41. The van der Waals surface area contributed by atoms with Crippen LogP contribution in [-0.4, -0.2) is 37.2 Å². The van der Waals surface area contributed by atoms with E-state index in [0.29, 0.717) is 19.3 Å². The zero-order valence-corrected chi connectivity index (χ0v) is 53.3. The number of hydrogen-bond donors (Lipinski definition) is 0. The predicted molar refractivity (Wildman–Crippen MR) is 348 cm³/mol. The molecule has 0 aliphatic heterocycles. The van der Waals surface area contributed by atoms with Crippen LogP contribution in [0.4, 0.5) is 0 Å². The minimum Gasteiger partial charge on any atom is -0.462 e. The number of carbonyl (C=O) groups excluding carboxylic acids is 3. The van der Waals surface area contributed by atoms with Crippen LogP contribution >= 0.6 is 0 Å². The van der Waals surface area contributed by atoms with Crippen molar-refractivity contribution in [2.75, 3.05) is 13.2 Å². The minimum absolute atomic E-state index is 0.0936. The number of allylic oxidation sites excluding steroid dienone is 12. The second kappa shape index (κ2) is 68.3. The van der Waals surface area contributed by atoms with Crippen molar-refractivity contribution in [3.05, 3.63) is 72.9 Å². The van der Waals surface area contributed by atoms with Gasteiger partial charge in [0.15, 0.2) is 6.10 Å². The average molecular weight is 1120 g/mol. The van der Waals surface area contributed by atoms with Crippen LogP contribution in [0.3, 0.4) is 0 Å². The molecule has 0 heterocycles. The summed E-state index contributed by atoms with van der Waals surface area (Å²) >= 11 is 0. The number of ether oxygens (including phenoxy) is 3. The molecule has 0 N–H and O–H groups in total. The number of rotatable bonds is 64. The van der Waals surface area contributed by atoms with Crippen molar-refractivity contribution in [3.8, 4) is 0 Å². The van der Waals surface area contributed by atoms with Crippen LogP contribution in [0.5, 0.6) is 0 Å². The van der Waals surface area contributed by atoms with E-state index in [1.54, 1.807) is 0 Å². The van der Waals surface area contributed by atoms with Crippen molar-refractivity contribution < 1.29 is 28.6 Å². The van der Waals surface area contributed by atoms with E-state index in [9.17, 15) is 14.4 Å². The highest BCUT2D eigenvalue weighted by Gasteiger charge is 2.19. The topological polar surface area (TPSA) is 78.9 Å². The van der Waals surface area contributed by atoms with Gasteiger partial charge in [0.05, 0.1) is 0 Å². The van der Waals surface area contributed by atoms with Crippen LogP contribution in [0.25, 0.3) is 0 Å². The van der Waals surface area contributed by atoms with Crippen LogP contribution < -0.4 is 0 Å². The Balaban J connectivity index is 4.39. The van der Waals surface area contributed by atoms with Crippen molar-refractivity contribution >= 4 is 17.9 Å². The first-order valence-corrected chi connectivity index (χ1v) is 34.9. The largest absolute Gasteiger partial charge is 0.462 e. The molecule has 0 bridgehead atoms. The summed E-state index contributed by atoms with van der Waals surface area (Å²) in [5.41, 5.74) is 0. The van der Waals surface area contributed by atoms with E-state index in [1.807, 2.05) is 6.08 Å². The molecule has 1 unspecified atom stereocenters. The molecule has 0 fully saturated rings. The molecule has 0 amide bonds. The lowest BCUT2D eigenvalue weighted by molar-refractivity contribution is -0.166. The molecular weight excluding hydrogens is 985 g/mol. The molecule has 0 aromatic carbocycles. The highest BCUT2D eigenvalue weighted by atomic mass is 16.6. The molecule has 464 valence electrons. The molecule has 6 nitrogen and oxygen atoms in total. The Hall–Kier alpha value is -3.15. The second-order valence-corrected chi connectivity index (χ2v) is 23.4. The van der Waals surface area contributed by atoms with Crippen LogP contribution in [0.2, 0.25) is 0 Å². The zero-order valence-electron chi connectivity index (χ0n) is 53.3. The van der Waals surface area contributed by atoms with Gasteiger partial charge in [-0.2, -0.15) is 0 Å². The monoisotopic (exact) mass is 1120 g/mol. The molecular formula is C74H132O6. The summed E-state index contributed by atoms with van der Waals surface area (Å²) < 4.78 is 16.9. The first kappa shape index (κ1) is 76.9. The molecule has 0 aromatic heterocycles. The first-order chi connectivity index (χ1) is 39.5. The molecule has 6 heteroatoms. The fourth-order valence-electron chi connectivity index (χ4n) is 10.3. The lowest BCUT2D eigenvalue weighted by Crippen LogP contribution is -2.30. The second-order valence-electron chi connectivity index (χ2n) is 23.4. The Morgan fingerprint density at radius 3 is 0.762 bits per heavy atom. The fourth-order valence-corrected chi connectivity index (χ4v) is 10.3. The summed E-state index contributed by atoms with van der Waals surface area (Å²) in [7, 11) is 0. The van der Waals surface area contributed by atoms with Crippen molar-refractivity contribution in [2.45, 2.75) is 367 Å². The normalized spacial score (nSPS) is 12.5. The van der Waals surface area contributed by atoms with E-state index in [2.05, 4.69) is 87.6 Å². The van der Waals surface area contributed by atoms with Crippen molar-refractivity contribution in [3.63, 3.8) is 0 Å². The molecule has 0 rings (SSSR count). The van der Waals surface area contributed by atoms with E-state index >= 15 is 0 Å². The van der Waals surface area contributed by atoms with Crippen LogP contribution in [-0.2, 0) is 28.6 Å². The van der Waals surface area contributed by atoms with Gasteiger partial charge in [0.2, 0.25) is 0 Å². The molecule has 80 heavy (non-hydrogen) atoms. The van der Waals surface area contributed by atoms with Crippen LogP contribution in [0, 0.1) is 0 Å². The van der Waals surface area contributed by atoms with Crippen LogP contribution in [0.15, 0.2) is 72.9 Å². The van der Waals surface area contributed by atoms with Gasteiger partial charge in [-0.25, -0.2) is 0 Å². The van der Waals surface area contributed by atoms with E-state index in [-0.39, 0.29) is 37.5 Å². The Morgan fingerprint density at radius 2 is 0.487 bits per heavy atom. The number of esters is 3. The quantitative estimate of drug-likeness (QED) is 0.0261. The zero-order chi connectivity index (χ0) is 57.8. The highest BCUT2D eigenvalue weighted by Crippen LogP contribution is 2.18. The van der Waals surface area contributed by atoms with Gasteiger partial charge in [0.1, 0.15) is 13.2 Å². The van der Waals surface area contributed by atoms with Gasteiger partial charge in [-0.3, -0.25) is 14.4 Å². The molecule has 1 atom stereocenters. The van der Waals surface area contributed by atoms with Gasteiger partial charge in [-0.15, -0.1) is 0 Å². The van der Waals surface area contributed by atoms with Crippen molar-refractivity contribution in [1.82, 2.24) is 0 Å². The Morgan fingerprint density at radius 1 is 0.263 bits per heavy atom. The molecule has 0 saturated carbocycles. The third-order valence-corrected chi connectivity index (χ3v) is 15.5. The van der Waals surface area contributed by atoms with Gasteiger partial charge < -0.3 is 14.2 Å². The van der Waals surface area contributed by atoms with Gasteiger partial charge in [-0.05, 0) is 57.8 Å². The summed E-state index contributed by atoms with van der Waals surface area (Å²) in [6.45, 7) is 6.53. The van der Waals surface area contributed by atoms with Gasteiger partial charge >= 0.3 is 17.9 Å². The molecule has 0 spiro atoms. The molecule has 0 aliphatic carbocycles. The summed E-state index contributed by atoms with van der Waals surface area (Å²) in [5, 5.41) is 0. The van der Waals surface area contributed by atoms with Gasteiger partial charge in [0, 0.05) is 19.3 Å². The summed E-state index contributed by atoms with van der Waals surface area (Å²) in [6, 6.07) is 0. The predicted octanol–water partition coefficient (Wildman–Crippen LogP) is 24.1. The third-order valence-electron chi connectivity index (χ3n) is 15.5. The van der Waals surface area contributed by atoms with E-state index in [1.165, 1.54) is 238 Å². The van der Waals surface area contributed by atoms with Gasteiger partial charge in [-0.1, -0.05) is 357 Å². The Bertz CT molecular complexity index is 1470. The smallest absolute Gasteiger partial charge is 0.306 e. The molecule has 0 aliphatic rings. The fraction of sp³-hybridized carbons (Fsp3) is 0.797. The van der Waals surface area contributed by atoms with E-state index in [0.717, 1.165) is 77.0 Å². The minimum atomic E-state index is -0.805. The highest BCUT2D eigenvalue weighted by molar-refractivity contribution is 5.71. The maximum atomic E-state index is 13.0. The number of hydrogen-bond acceptors (Lipinski definition) is 6. The number of carbonyl (C=O) groups is 3. The van der Waals surface area contributed by atoms with E-state index in [4.69, 9.17) is 14.2 Å². The maximum absolute atomic E-state index is 13.0. The summed E-state index contributed by atoms with van der Waals surface area (Å²) in [6.07, 6.45) is 89.4. The standard InChI is InChI=1S/C74H132O6/c1-4-7-10-13-16-19-22-25-28-31-34-36-37-38-41-43-46-49-52-55-58-61-64-67-73(76)79-70-71(69-78-72(75)66-63-60-57-54-51-48-45-42-39-33-30-27-24-21-18-15-12-9-6-3)80-74(77)68-65-62-59-56-53-50-47-44-40-35-32-29-26-23-20-17-14-11-8-5-2/h9,12,18,21,27,30,39,42,48,51,57,60,71H,4-8,10-11,13-17,19-20,22-26,28-29,31-38,40-41,43-47,49-50,52-56,58-59,61-70H2,1-3H3/b12-9-,21-18-,30-27-,42-39-,51-48-,60-57-. The molecule has 0 saturated heterocycles. The first-order valence-electron chi connectivity index (χ1n) is 34.9. The summed E-state index contributed by atoms with van der Waals surface area (Å²) in [4.78, 5) is 38.4. The Labute approximate surface area is 497 Å².